The zero-order valence-electron chi connectivity index (χ0n) is 15.5. The molecule has 27 heavy (non-hydrogen) atoms. The number of nitrogens with zero attached hydrogens (tertiary/aromatic N) is 2. The molecule has 4 rings (SSSR count). The Balaban J connectivity index is 1.64. The first-order chi connectivity index (χ1) is 13.0. The van der Waals surface area contributed by atoms with Gasteiger partial charge in [0.15, 0.2) is 0 Å². The Bertz CT molecular complexity index is 897. The summed E-state index contributed by atoms with van der Waals surface area (Å²) in [5, 5.41) is 0. The standard InChI is InChI=1S/C22H23FN2O2/c1-24-13-6-11-22(21(24)27)12-14-25(15-22)20(26)18-9-3-2-7-16(18)17-8-4-5-10-19(17)23/h2-5,7-10H,6,11-15H2,1H3/t22-/m0/s1. The third-order valence-corrected chi connectivity index (χ3v) is 5.91. The van der Waals surface area contributed by atoms with Gasteiger partial charge in [0.25, 0.3) is 5.91 Å². The minimum absolute atomic E-state index is 0.133. The molecular weight excluding hydrogens is 343 g/mol. The third kappa shape index (κ3) is 3.01. The number of carbonyl (C=O) groups excluding carboxylic acids is 2. The zero-order valence-corrected chi connectivity index (χ0v) is 15.5. The van der Waals surface area contributed by atoms with Gasteiger partial charge in [-0.2, -0.15) is 0 Å². The summed E-state index contributed by atoms with van der Waals surface area (Å²) < 4.78 is 14.3. The number of carbonyl (C=O) groups is 2. The van der Waals surface area contributed by atoms with Gasteiger partial charge in [-0.25, -0.2) is 4.39 Å². The van der Waals surface area contributed by atoms with E-state index in [4.69, 9.17) is 0 Å². The molecule has 2 aliphatic rings. The fraction of sp³-hybridized carbons (Fsp3) is 0.364. The van der Waals surface area contributed by atoms with Crippen molar-refractivity contribution in [2.75, 3.05) is 26.7 Å². The fourth-order valence-electron chi connectivity index (χ4n) is 4.45. The van der Waals surface area contributed by atoms with Crippen molar-refractivity contribution in [3.8, 4) is 11.1 Å². The van der Waals surface area contributed by atoms with Crippen LogP contribution < -0.4 is 0 Å². The quantitative estimate of drug-likeness (QED) is 0.815. The molecule has 0 radical (unpaired) electrons. The number of halogens is 1. The van der Waals surface area contributed by atoms with Gasteiger partial charge in [-0.1, -0.05) is 36.4 Å². The molecule has 2 aromatic carbocycles. The molecule has 0 unspecified atom stereocenters. The van der Waals surface area contributed by atoms with Crippen molar-refractivity contribution in [2.24, 2.45) is 5.41 Å². The molecular formula is C22H23FN2O2. The van der Waals surface area contributed by atoms with E-state index in [1.54, 1.807) is 46.2 Å². The predicted molar refractivity (Wildman–Crippen MR) is 102 cm³/mol. The van der Waals surface area contributed by atoms with Gasteiger partial charge in [-0.05, 0) is 37.0 Å². The molecule has 0 N–H and O–H groups in total. The van der Waals surface area contributed by atoms with Crippen LogP contribution in [0.25, 0.3) is 11.1 Å². The molecule has 140 valence electrons. The second kappa shape index (κ2) is 6.80. The van der Waals surface area contributed by atoms with E-state index in [1.807, 2.05) is 13.1 Å². The normalized spacial score (nSPS) is 22.5. The predicted octanol–water partition coefficient (Wildman–Crippen LogP) is 3.58. The third-order valence-electron chi connectivity index (χ3n) is 5.91. The van der Waals surface area contributed by atoms with E-state index in [1.165, 1.54) is 6.07 Å². The van der Waals surface area contributed by atoms with E-state index in [0.717, 1.165) is 19.4 Å². The van der Waals surface area contributed by atoms with Crippen molar-refractivity contribution >= 4 is 11.8 Å². The highest BCUT2D eigenvalue weighted by atomic mass is 19.1. The Kier molecular flexibility index (Phi) is 4.46. The first kappa shape index (κ1) is 17.7. The SMILES string of the molecule is CN1CCC[C@@]2(CCN(C(=O)c3ccccc3-c3ccccc3F)C2)C1=O. The summed E-state index contributed by atoms with van der Waals surface area (Å²) in [5.41, 5.74) is 1.05. The molecule has 2 aromatic rings. The summed E-state index contributed by atoms with van der Waals surface area (Å²) in [6.07, 6.45) is 2.49. The highest BCUT2D eigenvalue weighted by molar-refractivity contribution is 6.01. The second-order valence-electron chi connectivity index (χ2n) is 7.61. The molecule has 0 aromatic heterocycles. The van der Waals surface area contributed by atoms with Gasteiger partial charge in [0.1, 0.15) is 5.82 Å². The van der Waals surface area contributed by atoms with Gasteiger partial charge in [0.05, 0.1) is 5.41 Å². The van der Waals surface area contributed by atoms with E-state index in [0.29, 0.717) is 36.2 Å². The number of likely N-dealkylation sites (tertiary alicyclic amines) is 2. The number of hydrogen-bond donors (Lipinski definition) is 0. The molecule has 2 aliphatic heterocycles. The highest BCUT2D eigenvalue weighted by Crippen LogP contribution is 2.40. The maximum atomic E-state index is 14.3. The summed E-state index contributed by atoms with van der Waals surface area (Å²) in [5.74, 6) is -0.335. The molecule has 2 saturated heterocycles. The van der Waals surface area contributed by atoms with E-state index in [-0.39, 0.29) is 17.6 Å². The Morgan fingerprint density at radius 2 is 1.70 bits per heavy atom. The largest absolute Gasteiger partial charge is 0.345 e. The summed E-state index contributed by atoms with van der Waals surface area (Å²) in [6.45, 7) is 1.79. The number of hydrogen-bond acceptors (Lipinski definition) is 2. The monoisotopic (exact) mass is 366 g/mol. The maximum absolute atomic E-state index is 14.3. The molecule has 2 amide bonds. The van der Waals surface area contributed by atoms with Crippen LogP contribution in [-0.4, -0.2) is 48.3 Å². The Morgan fingerprint density at radius 1 is 1.00 bits per heavy atom. The van der Waals surface area contributed by atoms with Crippen LogP contribution in [0.15, 0.2) is 48.5 Å². The molecule has 1 atom stereocenters. The van der Waals surface area contributed by atoms with E-state index < -0.39 is 5.41 Å². The molecule has 2 fully saturated rings. The molecule has 0 bridgehead atoms. The molecule has 2 heterocycles. The van der Waals surface area contributed by atoms with Crippen LogP contribution in [0.4, 0.5) is 4.39 Å². The first-order valence-electron chi connectivity index (χ1n) is 9.41. The van der Waals surface area contributed by atoms with Crippen molar-refractivity contribution in [3.05, 3.63) is 59.9 Å². The van der Waals surface area contributed by atoms with Crippen LogP contribution in [-0.2, 0) is 4.79 Å². The summed E-state index contributed by atoms with van der Waals surface area (Å²) >= 11 is 0. The lowest BCUT2D eigenvalue weighted by molar-refractivity contribution is -0.143. The van der Waals surface area contributed by atoms with Crippen LogP contribution in [0.3, 0.4) is 0 Å². The van der Waals surface area contributed by atoms with Crippen LogP contribution in [0.2, 0.25) is 0 Å². The first-order valence-corrected chi connectivity index (χ1v) is 9.41. The fourth-order valence-corrected chi connectivity index (χ4v) is 4.45. The minimum atomic E-state index is -0.449. The number of piperidine rings is 1. The van der Waals surface area contributed by atoms with Gasteiger partial charge in [0.2, 0.25) is 5.91 Å². The van der Waals surface area contributed by atoms with Gasteiger partial charge in [0, 0.05) is 37.8 Å². The molecule has 0 saturated carbocycles. The van der Waals surface area contributed by atoms with Crippen molar-refractivity contribution in [2.45, 2.75) is 19.3 Å². The summed E-state index contributed by atoms with van der Waals surface area (Å²) in [4.78, 5) is 29.5. The number of benzene rings is 2. The zero-order chi connectivity index (χ0) is 19.0. The van der Waals surface area contributed by atoms with Gasteiger partial charge in [-0.15, -0.1) is 0 Å². The minimum Gasteiger partial charge on any atom is -0.345 e. The Hall–Kier alpha value is -2.69. The highest BCUT2D eigenvalue weighted by Gasteiger charge is 2.48. The summed E-state index contributed by atoms with van der Waals surface area (Å²) in [6, 6.07) is 13.6. The van der Waals surface area contributed by atoms with Crippen molar-refractivity contribution in [3.63, 3.8) is 0 Å². The van der Waals surface area contributed by atoms with Crippen molar-refractivity contribution < 1.29 is 14.0 Å². The number of amides is 2. The van der Waals surface area contributed by atoms with Gasteiger partial charge in [-0.3, -0.25) is 9.59 Å². The van der Waals surface area contributed by atoms with E-state index in [2.05, 4.69) is 0 Å². The second-order valence-corrected chi connectivity index (χ2v) is 7.61. The average Bonchev–Trinajstić information content (AvgIpc) is 3.11. The Morgan fingerprint density at radius 3 is 2.48 bits per heavy atom. The average molecular weight is 366 g/mol. The number of rotatable bonds is 2. The maximum Gasteiger partial charge on any atom is 0.254 e. The lowest BCUT2D eigenvalue weighted by atomic mass is 9.78. The van der Waals surface area contributed by atoms with Crippen LogP contribution in [0.5, 0.6) is 0 Å². The van der Waals surface area contributed by atoms with Crippen LogP contribution in [0.1, 0.15) is 29.6 Å². The smallest absolute Gasteiger partial charge is 0.254 e. The van der Waals surface area contributed by atoms with Crippen molar-refractivity contribution in [1.29, 1.82) is 0 Å². The lowest BCUT2D eigenvalue weighted by Gasteiger charge is -2.37. The van der Waals surface area contributed by atoms with Gasteiger partial charge < -0.3 is 9.80 Å². The van der Waals surface area contributed by atoms with E-state index >= 15 is 0 Å². The lowest BCUT2D eigenvalue weighted by Crippen LogP contribution is -2.48. The van der Waals surface area contributed by atoms with E-state index in [9.17, 15) is 14.0 Å². The molecule has 1 spiro atoms. The molecule has 0 aliphatic carbocycles. The topological polar surface area (TPSA) is 40.6 Å². The van der Waals surface area contributed by atoms with Gasteiger partial charge >= 0.3 is 0 Å². The molecule has 5 heteroatoms. The molecule has 4 nitrogen and oxygen atoms in total. The van der Waals surface area contributed by atoms with Crippen LogP contribution >= 0.6 is 0 Å². The Labute approximate surface area is 158 Å². The summed E-state index contributed by atoms with van der Waals surface area (Å²) in [7, 11) is 1.83. The van der Waals surface area contributed by atoms with Crippen molar-refractivity contribution in [1.82, 2.24) is 9.80 Å². The van der Waals surface area contributed by atoms with Crippen LogP contribution in [0, 0.1) is 11.2 Å².